The largest absolute Gasteiger partial charge is 0.349 e. The lowest BCUT2D eigenvalue weighted by atomic mass is 9.93. The van der Waals surface area contributed by atoms with E-state index in [1.165, 1.54) is 0 Å². The highest BCUT2D eigenvalue weighted by atomic mass is 35.5. The second-order valence-electron chi connectivity index (χ2n) is 5.74. The Morgan fingerprint density at radius 3 is 2.22 bits per heavy atom. The predicted molar refractivity (Wildman–Crippen MR) is 93.1 cm³/mol. The minimum absolute atomic E-state index is 0.0146. The van der Waals surface area contributed by atoms with E-state index in [0.29, 0.717) is 16.1 Å². The molecule has 2 aromatic carbocycles. The number of carbonyl (C=O) groups is 2. The molecule has 0 bridgehead atoms. The first-order valence-electron chi connectivity index (χ1n) is 7.56. The smallest absolute Gasteiger partial charge is 0.251 e. The summed E-state index contributed by atoms with van der Waals surface area (Å²) in [4.78, 5) is 24.8. The molecule has 0 saturated heterocycles. The van der Waals surface area contributed by atoms with Gasteiger partial charge in [-0.3, -0.25) is 9.59 Å². The molecule has 2 aromatic rings. The van der Waals surface area contributed by atoms with E-state index in [1.807, 2.05) is 39.0 Å². The minimum atomic E-state index is -0.329. The van der Waals surface area contributed by atoms with E-state index in [2.05, 4.69) is 5.32 Å². The molecule has 0 aromatic heterocycles. The van der Waals surface area contributed by atoms with Crippen LogP contribution in [0.1, 0.15) is 40.1 Å². The summed E-state index contributed by atoms with van der Waals surface area (Å²) in [5.74, 6) is -0.505. The van der Waals surface area contributed by atoms with Crippen LogP contribution in [0.2, 0.25) is 5.02 Å². The normalized spacial score (nSPS) is 13.2. The number of hydrogen-bond donors (Lipinski definition) is 1. The molecule has 2 rings (SSSR count). The van der Waals surface area contributed by atoms with Crippen molar-refractivity contribution < 1.29 is 9.59 Å². The van der Waals surface area contributed by atoms with Crippen molar-refractivity contribution in [1.29, 1.82) is 0 Å². The van der Waals surface area contributed by atoms with Gasteiger partial charge in [-0.2, -0.15) is 0 Å². The highest BCUT2D eigenvalue weighted by molar-refractivity contribution is 6.30. The van der Waals surface area contributed by atoms with Crippen molar-refractivity contribution in [3.05, 3.63) is 70.2 Å². The molecular weight excluding hydrogens is 310 g/mol. The SMILES string of the molecule is Cc1ccccc1C(=O)NC(C)C(C)C(=O)c1ccc(Cl)cc1. The van der Waals surface area contributed by atoms with Crippen molar-refractivity contribution in [1.82, 2.24) is 5.32 Å². The molecule has 2 atom stereocenters. The van der Waals surface area contributed by atoms with Crippen molar-refractivity contribution in [2.45, 2.75) is 26.8 Å². The van der Waals surface area contributed by atoms with Gasteiger partial charge in [-0.1, -0.05) is 36.7 Å². The van der Waals surface area contributed by atoms with Crippen molar-refractivity contribution in [3.8, 4) is 0 Å². The van der Waals surface area contributed by atoms with Crippen molar-refractivity contribution in [2.24, 2.45) is 5.92 Å². The molecule has 0 saturated carbocycles. The number of aryl methyl sites for hydroxylation is 1. The standard InChI is InChI=1S/C19H20ClNO2/c1-12-6-4-5-7-17(12)19(23)21-14(3)13(2)18(22)15-8-10-16(20)11-9-15/h4-11,13-14H,1-3H3,(H,21,23). The summed E-state index contributed by atoms with van der Waals surface area (Å²) in [5.41, 5.74) is 2.14. The lowest BCUT2D eigenvalue weighted by Crippen LogP contribution is -2.40. The van der Waals surface area contributed by atoms with E-state index in [1.54, 1.807) is 30.3 Å². The van der Waals surface area contributed by atoms with E-state index in [0.717, 1.165) is 5.56 Å². The molecule has 23 heavy (non-hydrogen) atoms. The Hall–Kier alpha value is -2.13. The van der Waals surface area contributed by atoms with E-state index < -0.39 is 0 Å². The van der Waals surface area contributed by atoms with E-state index in [4.69, 9.17) is 11.6 Å². The Balaban J connectivity index is 2.06. The molecule has 120 valence electrons. The number of ketones is 1. The average Bonchev–Trinajstić information content (AvgIpc) is 2.54. The van der Waals surface area contributed by atoms with Gasteiger partial charge >= 0.3 is 0 Å². The van der Waals surface area contributed by atoms with Gasteiger partial charge in [0.25, 0.3) is 5.91 Å². The summed E-state index contributed by atoms with van der Waals surface area (Å²) in [6.07, 6.45) is 0. The molecule has 4 heteroatoms. The average molecular weight is 330 g/mol. The van der Waals surface area contributed by atoms with E-state index in [-0.39, 0.29) is 23.7 Å². The van der Waals surface area contributed by atoms with Crippen molar-refractivity contribution >= 4 is 23.3 Å². The molecule has 1 N–H and O–H groups in total. The zero-order chi connectivity index (χ0) is 17.0. The number of rotatable bonds is 5. The van der Waals surface area contributed by atoms with Crippen LogP contribution in [0.15, 0.2) is 48.5 Å². The van der Waals surface area contributed by atoms with Gasteiger partial charge in [-0.05, 0) is 49.7 Å². The van der Waals surface area contributed by atoms with Gasteiger partial charge in [0, 0.05) is 28.1 Å². The van der Waals surface area contributed by atoms with Crippen molar-refractivity contribution in [3.63, 3.8) is 0 Å². The maximum absolute atomic E-state index is 12.5. The third-order valence-corrected chi connectivity index (χ3v) is 4.29. The van der Waals surface area contributed by atoms with Crippen LogP contribution in [-0.2, 0) is 0 Å². The summed E-state index contributed by atoms with van der Waals surface area (Å²) in [7, 11) is 0. The van der Waals surface area contributed by atoms with Gasteiger partial charge in [0.1, 0.15) is 0 Å². The number of benzene rings is 2. The second-order valence-corrected chi connectivity index (χ2v) is 6.17. The van der Waals surface area contributed by atoms with Crippen LogP contribution in [-0.4, -0.2) is 17.7 Å². The molecule has 1 amide bonds. The lowest BCUT2D eigenvalue weighted by Gasteiger charge is -2.21. The van der Waals surface area contributed by atoms with Crippen LogP contribution in [0, 0.1) is 12.8 Å². The van der Waals surface area contributed by atoms with Gasteiger partial charge in [0.2, 0.25) is 0 Å². The van der Waals surface area contributed by atoms with Crippen molar-refractivity contribution in [2.75, 3.05) is 0 Å². The highest BCUT2D eigenvalue weighted by Gasteiger charge is 2.23. The second kappa shape index (κ2) is 7.42. The third kappa shape index (κ3) is 4.20. The van der Waals surface area contributed by atoms with Crippen LogP contribution in [0.25, 0.3) is 0 Å². The molecule has 0 heterocycles. The minimum Gasteiger partial charge on any atom is -0.349 e. The fraction of sp³-hybridized carbons (Fsp3) is 0.263. The van der Waals surface area contributed by atoms with Gasteiger partial charge in [-0.25, -0.2) is 0 Å². The van der Waals surface area contributed by atoms with E-state index in [9.17, 15) is 9.59 Å². The number of halogens is 1. The number of Topliss-reactive ketones (excluding diaryl/α,β-unsaturated/α-hetero) is 1. The summed E-state index contributed by atoms with van der Waals surface area (Å²) >= 11 is 5.84. The Labute approximate surface area is 141 Å². The Morgan fingerprint density at radius 1 is 1.00 bits per heavy atom. The van der Waals surface area contributed by atoms with Crippen LogP contribution in [0.5, 0.6) is 0 Å². The maximum atomic E-state index is 12.5. The fourth-order valence-electron chi connectivity index (χ4n) is 2.34. The summed E-state index contributed by atoms with van der Waals surface area (Å²) < 4.78 is 0. The highest BCUT2D eigenvalue weighted by Crippen LogP contribution is 2.16. The predicted octanol–water partition coefficient (Wildman–Crippen LogP) is 4.29. The molecule has 0 aliphatic rings. The Bertz CT molecular complexity index is 710. The number of amides is 1. The number of hydrogen-bond acceptors (Lipinski definition) is 2. The maximum Gasteiger partial charge on any atom is 0.251 e. The molecule has 0 aliphatic carbocycles. The van der Waals surface area contributed by atoms with Crippen LogP contribution < -0.4 is 5.32 Å². The van der Waals surface area contributed by atoms with Gasteiger partial charge < -0.3 is 5.32 Å². The molecule has 0 radical (unpaired) electrons. The Morgan fingerprint density at radius 2 is 1.61 bits per heavy atom. The zero-order valence-corrected chi connectivity index (χ0v) is 14.2. The molecular formula is C19H20ClNO2. The number of nitrogens with one attached hydrogen (secondary N) is 1. The first-order chi connectivity index (χ1) is 10.9. The first-order valence-corrected chi connectivity index (χ1v) is 7.94. The summed E-state index contributed by atoms with van der Waals surface area (Å²) in [6.45, 7) is 5.55. The molecule has 3 nitrogen and oxygen atoms in total. The topological polar surface area (TPSA) is 46.2 Å². The van der Waals surface area contributed by atoms with Gasteiger partial charge in [0.05, 0.1) is 0 Å². The Kier molecular flexibility index (Phi) is 5.56. The molecule has 2 unspecified atom stereocenters. The van der Waals surface area contributed by atoms with Gasteiger partial charge in [0.15, 0.2) is 5.78 Å². The lowest BCUT2D eigenvalue weighted by molar-refractivity contribution is 0.0868. The molecule has 0 spiro atoms. The zero-order valence-electron chi connectivity index (χ0n) is 13.5. The summed E-state index contributed by atoms with van der Waals surface area (Å²) in [6, 6.07) is 13.9. The van der Waals surface area contributed by atoms with E-state index >= 15 is 0 Å². The molecule has 0 aliphatic heterocycles. The third-order valence-electron chi connectivity index (χ3n) is 4.04. The first kappa shape index (κ1) is 17.2. The van der Waals surface area contributed by atoms with Crippen LogP contribution >= 0.6 is 11.6 Å². The quantitative estimate of drug-likeness (QED) is 0.832. The fourth-order valence-corrected chi connectivity index (χ4v) is 2.47. The number of carbonyl (C=O) groups excluding carboxylic acids is 2. The van der Waals surface area contributed by atoms with Crippen LogP contribution in [0.4, 0.5) is 0 Å². The van der Waals surface area contributed by atoms with Gasteiger partial charge in [-0.15, -0.1) is 0 Å². The van der Waals surface area contributed by atoms with Crippen LogP contribution in [0.3, 0.4) is 0 Å². The molecule has 0 fully saturated rings. The monoisotopic (exact) mass is 329 g/mol. The summed E-state index contributed by atoms with van der Waals surface area (Å²) in [5, 5.41) is 3.51.